The van der Waals surface area contributed by atoms with E-state index in [-0.39, 0.29) is 5.92 Å². The van der Waals surface area contributed by atoms with E-state index in [1.54, 1.807) is 12.4 Å². The van der Waals surface area contributed by atoms with E-state index in [1.165, 1.54) is 5.69 Å². The lowest BCUT2D eigenvalue weighted by atomic mass is 10.0. The number of nitrogens with two attached hydrogens (primary N) is 2. The van der Waals surface area contributed by atoms with Crippen molar-refractivity contribution in [2.24, 2.45) is 17.4 Å². The molecule has 0 atom stereocenters. The zero-order valence-electron chi connectivity index (χ0n) is 22.9. The van der Waals surface area contributed by atoms with Crippen molar-refractivity contribution in [2.45, 2.75) is 13.8 Å². The maximum atomic E-state index is 8.93. The first-order valence-electron chi connectivity index (χ1n) is 13.1. The van der Waals surface area contributed by atoms with Crippen LogP contribution in [0.5, 0.6) is 0 Å². The van der Waals surface area contributed by atoms with Gasteiger partial charge in [0.1, 0.15) is 11.6 Å². The maximum Gasteiger partial charge on any atom is 0.132 e. The lowest BCUT2D eigenvalue weighted by molar-refractivity contribution is 0.292. The maximum absolute atomic E-state index is 8.93. The van der Waals surface area contributed by atoms with Gasteiger partial charge in [-0.05, 0) is 54.1 Å². The molecule has 10 nitrogen and oxygen atoms in total. The van der Waals surface area contributed by atoms with Crippen molar-refractivity contribution in [3.8, 4) is 0 Å². The van der Waals surface area contributed by atoms with Crippen LogP contribution in [-0.4, -0.2) is 65.3 Å². The second kappa shape index (κ2) is 12.9. The monoisotopic (exact) mass is 526 g/mol. The lowest BCUT2D eigenvalue weighted by Crippen LogP contribution is -2.48. The summed E-state index contributed by atoms with van der Waals surface area (Å²) in [4.78, 5) is 18.1. The molecular formula is C29H38N10. The van der Waals surface area contributed by atoms with E-state index in [1.807, 2.05) is 62.0 Å². The fourth-order valence-electron chi connectivity index (χ4n) is 4.51. The molecule has 0 radical (unpaired) electrons. The van der Waals surface area contributed by atoms with Crippen molar-refractivity contribution in [3.05, 3.63) is 84.4 Å². The van der Waals surface area contributed by atoms with E-state index in [0.717, 1.165) is 48.4 Å². The van der Waals surface area contributed by atoms with E-state index < -0.39 is 0 Å². The highest BCUT2D eigenvalue weighted by Gasteiger charge is 2.20. The second-order valence-corrected chi connectivity index (χ2v) is 9.80. The minimum atomic E-state index is 0.254. The molecule has 0 bridgehead atoms. The Hall–Kier alpha value is -4.44. The largest absolute Gasteiger partial charge is 0.404 e. The predicted octanol–water partition coefficient (Wildman–Crippen LogP) is 3.14. The second-order valence-electron chi connectivity index (χ2n) is 9.80. The third-order valence-electron chi connectivity index (χ3n) is 6.70. The summed E-state index contributed by atoms with van der Waals surface area (Å²) in [7, 11) is 1.84. The molecule has 39 heavy (non-hydrogen) atoms. The number of pyridine rings is 3. The fourth-order valence-corrected chi connectivity index (χ4v) is 4.51. The first-order chi connectivity index (χ1) is 18.9. The van der Waals surface area contributed by atoms with Gasteiger partial charge in [0, 0.05) is 81.4 Å². The molecule has 0 spiro atoms. The Morgan fingerprint density at radius 1 is 1.10 bits per heavy atom. The van der Waals surface area contributed by atoms with Gasteiger partial charge in [0.25, 0.3) is 0 Å². The minimum Gasteiger partial charge on any atom is -0.404 e. The van der Waals surface area contributed by atoms with Crippen molar-refractivity contribution >= 4 is 33.8 Å². The van der Waals surface area contributed by atoms with Crippen molar-refractivity contribution in [3.63, 3.8) is 0 Å². The van der Waals surface area contributed by atoms with Crippen LogP contribution in [0.2, 0.25) is 0 Å². The number of hydrogen-bond donors (Lipinski definition) is 5. The highest BCUT2D eigenvalue weighted by atomic mass is 15.3. The van der Waals surface area contributed by atoms with Gasteiger partial charge in [-0.25, -0.2) is 4.98 Å². The number of aromatic nitrogens is 3. The number of fused-ring (bicyclic) bond motifs is 1. The molecule has 0 aliphatic carbocycles. The van der Waals surface area contributed by atoms with E-state index in [9.17, 15) is 0 Å². The standard InChI is InChI=1S/C29H38N10/c1-20(2)21(16-30)15-28(32)37-29-5-4-26-27(36-29)14-22(17-35-26)24(18-33-3)25(31)19-38-10-12-39(13-11-38)23-6-8-34-9-7-23/h4-9,14-18,20,31,33H,10-13,19,30,32H2,1-3H3,(H,36,37)/b21-16+,24-18-,28-15+,31-25?. The summed E-state index contributed by atoms with van der Waals surface area (Å²) in [5.41, 5.74) is 17.7. The third-order valence-corrected chi connectivity index (χ3v) is 6.70. The molecule has 1 saturated heterocycles. The molecule has 204 valence electrons. The van der Waals surface area contributed by atoms with Gasteiger partial charge in [-0.1, -0.05) is 13.8 Å². The Balaban J connectivity index is 1.47. The average Bonchev–Trinajstić information content (AvgIpc) is 2.95. The molecule has 1 aliphatic rings. The summed E-state index contributed by atoms with van der Waals surface area (Å²) < 4.78 is 0. The van der Waals surface area contributed by atoms with Crippen LogP contribution in [-0.2, 0) is 0 Å². The van der Waals surface area contributed by atoms with E-state index >= 15 is 0 Å². The molecule has 0 amide bonds. The van der Waals surface area contributed by atoms with Gasteiger partial charge in [-0.2, -0.15) is 0 Å². The molecule has 3 aromatic heterocycles. The summed E-state index contributed by atoms with van der Waals surface area (Å²) in [5.74, 6) is 1.32. The first-order valence-corrected chi connectivity index (χ1v) is 13.1. The molecule has 4 rings (SSSR count). The molecule has 7 N–H and O–H groups in total. The summed E-state index contributed by atoms with van der Waals surface area (Å²) >= 11 is 0. The number of anilines is 2. The predicted molar refractivity (Wildman–Crippen MR) is 160 cm³/mol. The highest BCUT2D eigenvalue weighted by Crippen LogP contribution is 2.22. The molecule has 3 aromatic rings. The minimum absolute atomic E-state index is 0.254. The normalized spacial score (nSPS) is 15.6. The number of rotatable bonds is 10. The molecule has 0 saturated carbocycles. The molecule has 0 unspecified atom stereocenters. The van der Waals surface area contributed by atoms with E-state index in [4.69, 9.17) is 21.9 Å². The van der Waals surface area contributed by atoms with Crippen LogP contribution in [0.15, 0.2) is 78.8 Å². The van der Waals surface area contributed by atoms with Crippen LogP contribution >= 0.6 is 0 Å². The van der Waals surface area contributed by atoms with E-state index in [0.29, 0.717) is 29.4 Å². The molecule has 1 aliphatic heterocycles. The number of allylic oxidation sites excluding steroid dienone is 2. The van der Waals surface area contributed by atoms with Crippen LogP contribution < -0.4 is 27.0 Å². The summed E-state index contributed by atoms with van der Waals surface area (Å²) in [6, 6.07) is 9.79. The molecule has 4 heterocycles. The molecule has 1 fully saturated rings. The smallest absolute Gasteiger partial charge is 0.132 e. The Morgan fingerprint density at radius 3 is 2.51 bits per heavy atom. The van der Waals surface area contributed by atoms with Crippen molar-refractivity contribution in [1.29, 1.82) is 5.41 Å². The van der Waals surface area contributed by atoms with Gasteiger partial charge in [0.2, 0.25) is 0 Å². The van der Waals surface area contributed by atoms with Crippen LogP contribution in [0.25, 0.3) is 16.6 Å². The van der Waals surface area contributed by atoms with Crippen LogP contribution in [0.1, 0.15) is 19.4 Å². The van der Waals surface area contributed by atoms with Crippen LogP contribution in [0.4, 0.5) is 11.5 Å². The van der Waals surface area contributed by atoms with Gasteiger partial charge < -0.3 is 32.4 Å². The average molecular weight is 527 g/mol. The Morgan fingerprint density at radius 2 is 1.85 bits per heavy atom. The first kappa shape index (κ1) is 27.6. The molecule has 0 aromatic carbocycles. The molecular weight excluding hydrogens is 488 g/mol. The summed E-state index contributed by atoms with van der Waals surface area (Å²) in [5, 5.41) is 15.2. The topological polar surface area (TPSA) is 145 Å². The number of hydrogen-bond acceptors (Lipinski definition) is 10. The number of nitrogens with zero attached hydrogens (tertiary/aromatic N) is 5. The van der Waals surface area contributed by atoms with Crippen molar-refractivity contribution in [1.82, 2.24) is 25.2 Å². The van der Waals surface area contributed by atoms with E-state index in [2.05, 4.69) is 44.2 Å². The van der Waals surface area contributed by atoms with Gasteiger partial charge in [-0.3, -0.25) is 14.9 Å². The summed E-state index contributed by atoms with van der Waals surface area (Å²) in [6.45, 7) is 8.27. The third kappa shape index (κ3) is 7.11. The Kier molecular flexibility index (Phi) is 9.11. The van der Waals surface area contributed by atoms with Gasteiger partial charge in [0.15, 0.2) is 0 Å². The van der Waals surface area contributed by atoms with Gasteiger partial charge in [-0.15, -0.1) is 0 Å². The molecule has 10 heteroatoms. The van der Waals surface area contributed by atoms with Gasteiger partial charge >= 0.3 is 0 Å². The Bertz CT molecular complexity index is 1370. The lowest BCUT2D eigenvalue weighted by Gasteiger charge is -2.36. The zero-order chi connectivity index (χ0) is 27.8. The zero-order valence-corrected chi connectivity index (χ0v) is 22.9. The number of nitrogens with one attached hydrogen (secondary N) is 3. The quantitative estimate of drug-likeness (QED) is 0.199. The summed E-state index contributed by atoms with van der Waals surface area (Å²) in [6.07, 6.45) is 10.7. The van der Waals surface area contributed by atoms with Crippen molar-refractivity contribution in [2.75, 3.05) is 50.0 Å². The highest BCUT2D eigenvalue weighted by molar-refractivity contribution is 6.23. The van der Waals surface area contributed by atoms with Crippen molar-refractivity contribution < 1.29 is 0 Å². The Labute approximate surface area is 230 Å². The van der Waals surface area contributed by atoms with Gasteiger partial charge in [0.05, 0.1) is 16.7 Å². The SMILES string of the molecule is CN/C=C(\C(=N)CN1CCN(c2ccncc2)CC1)c1cnc2ccc(N/C(N)=C/C(=C\N)C(C)C)nc2c1. The van der Waals surface area contributed by atoms with Crippen LogP contribution in [0, 0.1) is 11.3 Å². The fraction of sp³-hybridized carbons (Fsp3) is 0.310. The number of piperazine rings is 1. The van der Waals surface area contributed by atoms with Crippen LogP contribution in [0.3, 0.4) is 0 Å².